The Kier molecular flexibility index (Phi) is 4.96. The number of pyridine rings is 1. The number of hydrogen-bond acceptors (Lipinski definition) is 6. The average Bonchev–Trinajstić information content (AvgIpc) is 3.34. The molecule has 3 aromatic heterocycles. The van der Waals surface area contributed by atoms with Crippen LogP contribution in [-0.2, 0) is 5.88 Å². The number of amides is 1. The van der Waals surface area contributed by atoms with Gasteiger partial charge >= 0.3 is 0 Å². The number of rotatable bonds is 4. The summed E-state index contributed by atoms with van der Waals surface area (Å²) in [5, 5.41) is 16.6. The van der Waals surface area contributed by atoms with E-state index in [9.17, 15) is 9.90 Å². The predicted octanol–water partition coefficient (Wildman–Crippen LogP) is 3.76. The minimum absolute atomic E-state index is 0.150. The number of aliphatic hydroxyl groups excluding tert-OH is 1. The lowest BCUT2D eigenvalue weighted by Crippen LogP contribution is -2.42. The van der Waals surface area contributed by atoms with Crippen molar-refractivity contribution in [2.24, 2.45) is 0 Å². The number of carbonyl (C=O) groups excluding carboxylic acids is 1. The summed E-state index contributed by atoms with van der Waals surface area (Å²) in [4.78, 5) is 19.1. The van der Waals surface area contributed by atoms with Gasteiger partial charge in [0.15, 0.2) is 0 Å². The smallest absolute Gasteiger partial charge is 0.272 e. The lowest BCUT2D eigenvalue weighted by molar-refractivity contribution is 0.0469. The summed E-state index contributed by atoms with van der Waals surface area (Å²) in [5.74, 6) is 0.509. The second kappa shape index (κ2) is 7.77. The second-order valence-electron chi connectivity index (χ2n) is 7.55. The summed E-state index contributed by atoms with van der Waals surface area (Å²) in [6.07, 6.45) is 6.54. The number of benzene rings is 1. The number of carbonyl (C=O) groups is 1. The molecule has 1 aliphatic rings. The second-order valence-corrected chi connectivity index (χ2v) is 8.38. The summed E-state index contributed by atoms with van der Waals surface area (Å²) >= 11 is 1.65. The zero-order valence-corrected chi connectivity index (χ0v) is 17.4. The Labute approximate surface area is 177 Å². The van der Waals surface area contributed by atoms with Gasteiger partial charge in [0.05, 0.1) is 17.5 Å². The third-order valence-electron chi connectivity index (χ3n) is 5.53. The highest BCUT2D eigenvalue weighted by Gasteiger charge is 2.25. The predicted molar refractivity (Wildman–Crippen MR) is 117 cm³/mol. The Hall–Kier alpha value is -2.84. The number of nitrogens with zero attached hydrogens (tertiary/aromatic N) is 4. The van der Waals surface area contributed by atoms with E-state index in [1.807, 2.05) is 41.3 Å². The summed E-state index contributed by atoms with van der Waals surface area (Å²) in [7, 11) is 0. The average molecular weight is 423 g/mol. The van der Waals surface area contributed by atoms with E-state index in [4.69, 9.17) is 9.52 Å². The molecule has 0 radical (unpaired) electrons. The number of furan rings is 1. The molecule has 1 fully saturated rings. The lowest BCUT2D eigenvalue weighted by Gasteiger charge is -2.29. The molecular weight excluding hydrogens is 400 g/mol. The summed E-state index contributed by atoms with van der Waals surface area (Å²) < 4.78 is 7.62. The van der Waals surface area contributed by atoms with Crippen molar-refractivity contribution in [3.63, 3.8) is 0 Å². The zero-order chi connectivity index (χ0) is 20.7. The number of piperidine rings is 1. The maximum Gasteiger partial charge on any atom is 0.272 e. The van der Waals surface area contributed by atoms with Crippen LogP contribution in [0.25, 0.3) is 33.1 Å². The molecule has 1 amide bonds. The topological polar surface area (TPSA) is 84.4 Å². The molecule has 1 aliphatic heterocycles. The molecule has 1 N–H and O–H groups in total. The molecule has 30 heavy (non-hydrogen) atoms. The monoisotopic (exact) mass is 422 g/mol. The number of hydrogen-bond donors (Lipinski definition) is 1. The van der Waals surface area contributed by atoms with E-state index in [1.54, 1.807) is 29.1 Å². The molecule has 1 saturated heterocycles. The maximum atomic E-state index is 13.0. The Bertz CT molecular complexity index is 1230. The van der Waals surface area contributed by atoms with Gasteiger partial charge in [-0.3, -0.25) is 14.5 Å². The van der Waals surface area contributed by atoms with Crippen molar-refractivity contribution in [1.82, 2.24) is 19.7 Å². The Morgan fingerprint density at radius 1 is 1.33 bits per heavy atom. The van der Waals surface area contributed by atoms with E-state index < -0.39 is 6.10 Å². The van der Waals surface area contributed by atoms with Gasteiger partial charge in [-0.25, -0.2) is 0 Å². The highest BCUT2D eigenvalue weighted by Crippen LogP contribution is 2.35. The first kappa shape index (κ1) is 19.1. The van der Waals surface area contributed by atoms with Crippen molar-refractivity contribution < 1.29 is 14.3 Å². The normalized spacial score (nSPS) is 17.1. The van der Waals surface area contributed by atoms with Gasteiger partial charge in [-0.2, -0.15) is 5.10 Å². The van der Waals surface area contributed by atoms with E-state index in [-0.39, 0.29) is 5.91 Å². The van der Waals surface area contributed by atoms with Crippen molar-refractivity contribution in [2.75, 3.05) is 19.3 Å². The number of aliphatic hydroxyl groups is 1. The van der Waals surface area contributed by atoms with E-state index in [0.717, 1.165) is 46.0 Å². The molecule has 154 valence electrons. The van der Waals surface area contributed by atoms with Crippen LogP contribution in [0, 0.1) is 0 Å². The summed E-state index contributed by atoms with van der Waals surface area (Å²) in [6.45, 7) is 1.00. The van der Waals surface area contributed by atoms with E-state index >= 15 is 0 Å². The van der Waals surface area contributed by atoms with Crippen molar-refractivity contribution >= 4 is 39.5 Å². The SMILES string of the molecule is CSCn1nc(-c2coc3ccccc23)c2cnc(C(=O)N3CCCC(O)C3)cc21. The van der Waals surface area contributed by atoms with Crippen LogP contribution in [0.5, 0.6) is 0 Å². The number of thioether (sulfide) groups is 1. The fraction of sp³-hybridized carbons (Fsp3) is 0.318. The summed E-state index contributed by atoms with van der Waals surface area (Å²) in [6, 6.07) is 9.68. The van der Waals surface area contributed by atoms with Gasteiger partial charge in [-0.05, 0) is 31.2 Å². The minimum atomic E-state index is -0.463. The molecule has 4 aromatic rings. The number of likely N-dealkylation sites (tertiary alicyclic amines) is 1. The molecule has 1 aromatic carbocycles. The molecule has 0 aliphatic carbocycles. The van der Waals surface area contributed by atoms with Crippen LogP contribution in [0.3, 0.4) is 0 Å². The maximum absolute atomic E-state index is 13.0. The number of β-amino-alcohol motifs (C(OH)–C–C–N with tert-alkyl or cyclic N) is 1. The number of para-hydroxylation sites is 1. The largest absolute Gasteiger partial charge is 0.464 e. The first-order valence-corrected chi connectivity index (χ1v) is 11.3. The van der Waals surface area contributed by atoms with Crippen molar-refractivity contribution in [3.05, 3.63) is 48.5 Å². The lowest BCUT2D eigenvalue weighted by atomic mass is 10.1. The minimum Gasteiger partial charge on any atom is -0.464 e. The van der Waals surface area contributed by atoms with Gasteiger partial charge in [0.25, 0.3) is 5.91 Å². The van der Waals surface area contributed by atoms with Crippen LogP contribution >= 0.6 is 11.8 Å². The Morgan fingerprint density at radius 3 is 3.03 bits per heavy atom. The fourth-order valence-electron chi connectivity index (χ4n) is 4.07. The highest BCUT2D eigenvalue weighted by atomic mass is 32.2. The third-order valence-corrected chi connectivity index (χ3v) is 6.03. The number of fused-ring (bicyclic) bond motifs is 2. The highest BCUT2D eigenvalue weighted by molar-refractivity contribution is 7.97. The Balaban J connectivity index is 1.60. The standard InChI is InChI=1S/C22H22N4O3S/c1-30-13-26-19-9-18(22(28)25-8-4-5-14(27)11-25)23-10-16(19)21(24-26)17-12-29-20-7-3-2-6-15(17)20/h2-3,6-7,9-10,12,14,27H,4-5,8,11,13H2,1H3. The van der Waals surface area contributed by atoms with Crippen molar-refractivity contribution in [2.45, 2.75) is 24.8 Å². The molecular formula is C22H22N4O3S. The van der Waals surface area contributed by atoms with E-state index in [2.05, 4.69) is 4.98 Å². The molecule has 1 unspecified atom stereocenters. The van der Waals surface area contributed by atoms with Crippen LogP contribution < -0.4 is 0 Å². The van der Waals surface area contributed by atoms with Crippen LogP contribution in [0.2, 0.25) is 0 Å². The number of aromatic nitrogens is 3. The molecule has 1 atom stereocenters. The molecule has 5 rings (SSSR count). The van der Waals surface area contributed by atoms with Gasteiger partial charge in [0, 0.05) is 35.6 Å². The third kappa shape index (κ3) is 3.26. The molecule has 0 bridgehead atoms. The van der Waals surface area contributed by atoms with Gasteiger partial charge in [0.1, 0.15) is 23.2 Å². The fourth-order valence-corrected chi connectivity index (χ4v) is 4.51. The molecule has 0 spiro atoms. The van der Waals surface area contributed by atoms with Crippen LogP contribution in [-0.4, -0.2) is 56.1 Å². The first-order chi connectivity index (χ1) is 14.7. The molecule has 0 saturated carbocycles. The molecule has 4 heterocycles. The zero-order valence-electron chi connectivity index (χ0n) is 16.6. The van der Waals surface area contributed by atoms with Gasteiger partial charge in [0.2, 0.25) is 0 Å². The van der Waals surface area contributed by atoms with E-state index in [0.29, 0.717) is 24.7 Å². The quantitative estimate of drug-likeness (QED) is 0.539. The Morgan fingerprint density at radius 2 is 2.20 bits per heavy atom. The first-order valence-electron chi connectivity index (χ1n) is 9.95. The van der Waals surface area contributed by atoms with Crippen LogP contribution in [0.4, 0.5) is 0 Å². The van der Waals surface area contributed by atoms with Gasteiger partial charge in [-0.1, -0.05) is 18.2 Å². The van der Waals surface area contributed by atoms with Crippen molar-refractivity contribution in [1.29, 1.82) is 0 Å². The molecule has 8 heteroatoms. The van der Waals surface area contributed by atoms with Gasteiger partial charge in [-0.15, -0.1) is 11.8 Å². The molecule has 7 nitrogen and oxygen atoms in total. The van der Waals surface area contributed by atoms with Crippen LogP contribution in [0.1, 0.15) is 23.3 Å². The summed E-state index contributed by atoms with van der Waals surface area (Å²) in [5.41, 5.74) is 3.76. The van der Waals surface area contributed by atoms with E-state index in [1.165, 1.54) is 0 Å². The van der Waals surface area contributed by atoms with Crippen molar-refractivity contribution in [3.8, 4) is 11.3 Å². The van der Waals surface area contributed by atoms with Gasteiger partial charge < -0.3 is 14.4 Å². The van der Waals surface area contributed by atoms with Crippen LogP contribution in [0.15, 0.2) is 47.2 Å².